The van der Waals surface area contributed by atoms with E-state index in [9.17, 15) is 0 Å². The van der Waals surface area contributed by atoms with E-state index in [2.05, 4.69) is 5.04 Å². The fraction of sp³-hybridized carbons (Fsp3) is 0. The largest absolute Gasteiger partial charge is 0.221 e. The number of rotatable bonds is 0. The second kappa shape index (κ2) is 17.4. The molecule has 0 unspecified atom stereocenters. The molecule has 0 spiro atoms. The zero-order valence-electron chi connectivity index (χ0n) is 2.30. The Hall–Kier alpha value is 1.65. The van der Waals surface area contributed by atoms with E-state index >= 15 is 0 Å². The molecule has 0 aliphatic rings. The van der Waals surface area contributed by atoms with Gasteiger partial charge in [-0.3, -0.25) is 0 Å². The summed E-state index contributed by atoms with van der Waals surface area (Å²) in [5, 5.41) is 15.5. The Morgan fingerprint density at radius 1 is 1.00 bits per heavy atom. The maximum absolute atomic E-state index is 6.62. The summed E-state index contributed by atoms with van der Waals surface area (Å²) in [7, 11) is 0. The summed E-state index contributed by atoms with van der Waals surface area (Å²) in [5.41, 5.74) is 0. The van der Waals surface area contributed by atoms with E-state index < -0.39 is 0 Å². The molecule has 0 aromatic carbocycles. The standard InChI is InChI=1S/H2O3.2Zr/c1-3-2;;/h1-2H;;. The van der Waals surface area contributed by atoms with Crippen molar-refractivity contribution in [2.45, 2.75) is 0 Å². The zero-order valence-corrected chi connectivity index (χ0v) is 7.22. The predicted octanol–water partition coefficient (Wildman–Crippen LogP) is -0.0560. The normalized spacial score (nSPS) is 3.60. The molecule has 0 heterocycles. The average Bonchev–Trinajstić information content (AvgIpc) is 0.918. The van der Waals surface area contributed by atoms with Gasteiger partial charge in [0.1, 0.15) is 0 Å². The van der Waals surface area contributed by atoms with E-state index in [-0.39, 0.29) is 52.4 Å². The molecule has 28 valence electrons. The third-order valence-corrected chi connectivity index (χ3v) is 0. The predicted molar refractivity (Wildman–Crippen MR) is 6.34 cm³/mol. The second-order valence-electron chi connectivity index (χ2n) is 0.0816. The van der Waals surface area contributed by atoms with Gasteiger partial charge in [-0.25, -0.2) is 10.5 Å². The van der Waals surface area contributed by atoms with Crippen molar-refractivity contribution in [3.8, 4) is 0 Å². The van der Waals surface area contributed by atoms with Crippen LogP contribution in [0.25, 0.3) is 0 Å². The van der Waals surface area contributed by atoms with E-state index in [0.29, 0.717) is 0 Å². The Balaban J connectivity index is -0.0000000200. The van der Waals surface area contributed by atoms with E-state index in [1.165, 1.54) is 0 Å². The average molecular weight is 232 g/mol. The maximum Gasteiger partial charge on any atom is 0 e. The summed E-state index contributed by atoms with van der Waals surface area (Å²) in [5.74, 6) is 0. The van der Waals surface area contributed by atoms with Crippen LogP contribution in [0, 0.1) is 0 Å². The zero-order chi connectivity index (χ0) is 2.71. The summed E-state index contributed by atoms with van der Waals surface area (Å²) in [6.45, 7) is 0. The Bertz CT molecular complexity index is 4.85. The van der Waals surface area contributed by atoms with Crippen molar-refractivity contribution in [2.24, 2.45) is 0 Å². The summed E-state index contributed by atoms with van der Waals surface area (Å²) < 4.78 is 0. The first-order chi connectivity index (χ1) is 1.41. The first-order valence-electron chi connectivity index (χ1n) is 0.365. The van der Waals surface area contributed by atoms with Gasteiger partial charge in [0.15, 0.2) is 0 Å². The Kier molecular flexibility index (Phi) is 55.5. The van der Waals surface area contributed by atoms with Gasteiger partial charge < -0.3 is 0 Å². The third-order valence-electron chi connectivity index (χ3n) is 0. The minimum absolute atomic E-state index is 0. The minimum Gasteiger partial charge on any atom is -0.221 e. The van der Waals surface area contributed by atoms with E-state index in [1.807, 2.05) is 0 Å². The third kappa shape index (κ3) is 27.7. The van der Waals surface area contributed by atoms with Crippen molar-refractivity contribution >= 4 is 0 Å². The molecule has 0 aromatic rings. The SMILES string of the molecule is OOO.[Zr].[Zr]. The number of hydrogen-bond donors (Lipinski definition) is 2. The van der Waals surface area contributed by atoms with Gasteiger partial charge >= 0.3 is 0 Å². The second-order valence-corrected chi connectivity index (χ2v) is 0.0816. The topological polar surface area (TPSA) is 49.7 Å². The van der Waals surface area contributed by atoms with E-state index in [0.717, 1.165) is 0 Å². The molecule has 0 aliphatic carbocycles. The fourth-order valence-electron chi connectivity index (χ4n) is 0. The van der Waals surface area contributed by atoms with Gasteiger partial charge in [0.25, 0.3) is 0 Å². The molecule has 2 N–H and O–H groups in total. The van der Waals surface area contributed by atoms with Gasteiger partial charge in [-0.05, 0) is 0 Å². The van der Waals surface area contributed by atoms with Gasteiger partial charge in [-0.1, -0.05) is 5.04 Å². The van der Waals surface area contributed by atoms with Crippen molar-refractivity contribution in [3.05, 3.63) is 0 Å². The molecule has 0 atom stereocenters. The van der Waals surface area contributed by atoms with Crippen molar-refractivity contribution in [3.63, 3.8) is 0 Å². The van der Waals surface area contributed by atoms with Crippen LogP contribution in [-0.4, -0.2) is 10.5 Å². The van der Waals surface area contributed by atoms with E-state index in [4.69, 9.17) is 10.5 Å². The van der Waals surface area contributed by atoms with Crippen LogP contribution in [0.1, 0.15) is 0 Å². The first kappa shape index (κ1) is 15.9. The molecule has 0 saturated carbocycles. The molecule has 5 heavy (non-hydrogen) atoms. The van der Waals surface area contributed by atoms with Gasteiger partial charge in [0.2, 0.25) is 0 Å². The Morgan fingerprint density at radius 2 is 1.00 bits per heavy atom. The van der Waals surface area contributed by atoms with Gasteiger partial charge in [0.05, 0.1) is 0 Å². The van der Waals surface area contributed by atoms with Gasteiger partial charge in [-0.2, -0.15) is 0 Å². The van der Waals surface area contributed by atoms with Gasteiger partial charge in [-0.15, -0.1) is 0 Å². The van der Waals surface area contributed by atoms with Crippen LogP contribution >= 0.6 is 0 Å². The van der Waals surface area contributed by atoms with Crippen LogP contribution < -0.4 is 0 Å². The van der Waals surface area contributed by atoms with Crippen molar-refractivity contribution in [1.29, 1.82) is 0 Å². The molecule has 0 radical (unpaired) electrons. The molecule has 5 heteroatoms. The molecule has 0 bridgehead atoms. The Labute approximate surface area is 67.4 Å². The fourth-order valence-corrected chi connectivity index (χ4v) is 0. The molecule has 0 amide bonds. The molecule has 0 aromatic heterocycles. The van der Waals surface area contributed by atoms with Crippen LogP contribution in [0.15, 0.2) is 0 Å². The van der Waals surface area contributed by atoms with E-state index in [1.54, 1.807) is 0 Å². The summed E-state index contributed by atoms with van der Waals surface area (Å²) >= 11 is 0. The Morgan fingerprint density at radius 3 is 1.00 bits per heavy atom. The molecule has 0 rings (SSSR count). The maximum atomic E-state index is 6.62. The quantitative estimate of drug-likeness (QED) is 0.455. The van der Waals surface area contributed by atoms with Crippen molar-refractivity contribution in [1.82, 2.24) is 0 Å². The van der Waals surface area contributed by atoms with Crippen molar-refractivity contribution in [2.75, 3.05) is 0 Å². The molecule has 0 fully saturated rings. The molecule has 0 aliphatic heterocycles. The first-order valence-corrected chi connectivity index (χ1v) is 0.365. The smallest absolute Gasteiger partial charge is 0 e. The summed E-state index contributed by atoms with van der Waals surface area (Å²) in [4.78, 5) is 0. The molecular weight excluding hydrogens is 230 g/mol. The number of hydrogen-bond acceptors (Lipinski definition) is 3. The van der Waals surface area contributed by atoms with Crippen molar-refractivity contribution < 1.29 is 68.0 Å². The summed E-state index contributed by atoms with van der Waals surface area (Å²) in [6.07, 6.45) is 0. The monoisotopic (exact) mass is 230 g/mol. The van der Waals surface area contributed by atoms with Crippen LogP contribution in [-0.2, 0) is 57.4 Å². The summed E-state index contributed by atoms with van der Waals surface area (Å²) in [6, 6.07) is 0. The molecule has 0 saturated heterocycles. The van der Waals surface area contributed by atoms with Crippen LogP contribution in [0.5, 0.6) is 0 Å². The van der Waals surface area contributed by atoms with Crippen LogP contribution in [0.3, 0.4) is 0 Å². The van der Waals surface area contributed by atoms with Crippen LogP contribution in [0.4, 0.5) is 0 Å². The molecule has 3 nitrogen and oxygen atoms in total. The van der Waals surface area contributed by atoms with Crippen LogP contribution in [0.2, 0.25) is 0 Å². The molecular formula is H2O3Zr2. The van der Waals surface area contributed by atoms with Gasteiger partial charge in [0, 0.05) is 52.4 Å². The minimum atomic E-state index is 0.